The first-order valence-corrected chi connectivity index (χ1v) is 12.3. The second kappa shape index (κ2) is 7.22. The Bertz CT molecular complexity index is 1520. The Labute approximate surface area is 206 Å². The smallest absolute Gasteiger partial charge is 0.343 e. The molecule has 186 valence electrons. The summed E-state index contributed by atoms with van der Waals surface area (Å²) in [7, 11) is 1.80. The molecule has 9 heteroatoms. The highest BCUT2D eigenvalue weighted by atomic mass is 19.1. The average molecular weight is 493 g/mol. The van der Waals surface area contributed by atoms with Crippen LogP contribution in [0.25, 0.3) is 11.3 Å². The normalized spacial score (nSPS) is 25.1. The minimum Gasteiger partial charge on any atom is -0.485 e. The van der Waals surface area contributed by atoms with Gasteiger partial charge >= 0.3 is 5.97 Å². The molecule has 7 rings (SSSR count). The lowest BCUT2D eigenvalue weighted by molar-refractivity contribution is -0.172. The third kappa shape index (κ3) is 2.66. The highest BCUT2D eigenvalue weighted by Crippen LogP contribution is 2.55. The van der Waals surface area contributed by atoms with Crippen molar-refractivity contribution in [2.45, 2.75) is 44.9 Å². The minimum atomic E-state index is -1.86. The number of carbonyl (C=O) groups excluding carboxylic acids is 1. The van der Waals surface area contributed by atoms with Crippen molar-refractivity contribution in [2.75, 3.05) is 20.3 Å². The first kappa shape index (κ1) is 21.7. The van der Waals surface area contributed by atoms with Crippen molar-refractivity contribution < 1.29 is 28.5 Å². The van der Waals surface area contributed by atoms with Gasteiger partial charge in [0.1, 0.15) is 19.8 Å². The Morgan fingerprint density at radius 1 is 1.17 bits per heavy atom. The van der Waals surface area contributed by atoms with E-state index in [1.54, 1.807) is 30.7 Å². The predicted molar refractivity (Wildman–Crippen MR) is 127 cm³/mol. The van der Waals surface area contributed by atoms with Gasteiger partial charge in [0, 0.05) is 29.3 Å². The van der Waals surface area contributed by atoms with Crippen molar-refractivity contribution in [3.05, 3.63) is 67.4 Å². The fourth-order valence-electron chi connectivity index (χ4n) is 6.27. The van der Waals surface area contributed by atoms with Crippen molar-refractivity contribution in [1.82, 2.24) is 9.88 Å². The van der Waals surface area contributed by atoms with Crippen LogP contribution < -0.4 is 20.3 Å². The van der Waals surface area contributed by atoms with Crippen LogP contribution in [0.5, 0.6) is 11.5 Å². The summed E-state index contributed by atoms with van der Waals surface area (Å²) in [6, 6.07) is 3.33. The first-order chi connectivity index (χ1) is 17.4. The van der Waals surface area contributed by atoms with Gasteiger partial charge in [-0.3, -0.25) is 4.79 Å². The fourth-order valence-corrected chi connectivity index (χ4v) is 6.27. The van der Waals surface area contributed by atoms with Crippen molar-refractivity contribution >= 4 is 17.2 Å². The van der Waals surface area contributed by atoms with Gasteiger partial charge < -0.3 is 29.2 Å². The molecule has 2 aromatic rings. The van der Waals surface area contributed by atoms with Crippen LogP contribution in [-0.4, -0.2) is 35.9 Å². The van der Waals surface area contributed by atoms with E-state index in [1.165, 1.54) is 5.57 Å². The zero-order valence-corrected chi connectivity index (χ0v) is 20.0. The number of fused-ring (bicyclic) bond motifs is 8. The summed E-state index contributed by atoms with van der Waals surface area (Å²) < 4.78 is 33.4. The number of nitrogens with one attached hydrogen (secondary N) is 1. The number of ether oxygens (including phenoxy) is 3. The molecule has 1 aromatic heterocycles. The number of rotatable bonds is 2. The number of esters is 1. The van der Waals surface area contributed by atoms with Crippen LogP contribution in [0.3, 0.4) is 0 Å². The van der Waals surface area contributed by atoms with Crippen LogP contribution in [0.4, 0.5) is 4.39 Å². The molecule has 1 aromatic carbocycles. The summed E-state index contributed by atoms with van der Waals surface area (Å²) in [5.74, 6) is -0.452. The van der Waals surface area contributed by atoms with Gasteiger partial charge in [0.05, 0.1) is 23.5 Å². The van der Waals surface area contributed by atoms with Gasteiger partial charge in [-0.1, -0.05) is 12.5 Å². The number of halogens is 1. The number of carbonyl (C=O) groups is 1. The van der Waals surface area contributed by atoms with E-state index in [-0.39, 0.29) is 36.9 Å². The number of hydrogen-bond donors (Lipinski definition) is 2. The van der Waals surface area contributed by atoms with Gasteiger partial charge in [-0.2, -0.15) is 0 Å². The minimum absolute atomic E-state index is 0.100. The topological polar surface area (TPSA) is 99.0 Å². The zero-order valence-electron chi connectivity index (χ0n) is 20.0. The number of aromatic nitrogens is 1. The number of nitrogens with zero attached hydrogens (tertiary/aromatic N) is 1. The molecule has 36 heavy (non-hydrogen) atoms. The molecule has 1 unspecified atom stereocenters. The summed E-state index contributed by atoms with van der Waals surface area (Å²) in [5, 5.41) is 14.5. The van der Waals surface area contributed by atoms with E-state index in [9.17, 15) is 19.1 Å². The van der Waals surface area contributed by atoms with E-state index >= 15 is 0 Å². The van der Waals surface area contributed by atoms with E-state index in [0.717, 1.165) is 34.4 Å². The Morgan fingerprint density at radius 3 is 2.69 bits per heavy atom. The Morgan fingerprint density at radius 2 is 1.94 bits per heavy atom. The molecule has 0 bridgehead atoms. The molecule has 0 spiro atoms. The van der Waals surface area contributed by atoms with Gasteiger partial charge in [-0.05, 0) is 42.9 Å². The van der Waals surface area contributed by atoms with Crippen molar-refractivity contribution in [1.29, 1.82) is 0 Å². The third-order valence-corrected chi connectivity index (χ3v) is 8.15. The highest BCUT2D eigenvalue weighted by molar-refractivity contribution is 5.96. The maximum Gasteiger partial charge on any atom is 0.343 e. The Kier molecular flexibility index (Phi) is 4.35. The monoisotopic (exact) mass is 492 g/mol. The molecule has 2 aliphatic carbocycles. The predicted octanol–water partition coefficient (Wildman–Crippen LogP) is 2.39. The number of aliphatic hydroxyl groups is 1. The summed E-state index contributed by atoms with van der Waals surface area (Å²) >= 11 is 0. The SMILES string of the molecule is CC[C@@]1(O)C(=O)OCc2c1cc1n(c2=O)CC2=C(NC)c3c(cc(F)c4c3OCCO4)CC3CC3=C21. The van der Waals surface area contributed by atoms with Gasteiger partial charge in [-0.15, -0.1) is 0 Å². The van der Waals surface area contributed by atoms with Crippen LogP contribution in [-0.2, 0) is 34.7 Å². The highest BCUT2D eigenvalue weighted by Gasteiger charge is 2.47. The standard InChI is InChI=1S/C27H25FN2O6/c1-3-27(33)17-9-19-21-14-7-12(14)6-13-8-18(28)23-24(35-5-4-34-23)20(13)22(29-2)15(21)10-30(19)25(31)16(17)11-36-26(27)32/h8-9,12,29,33H,3-7,10-11H2,1-2H3/t12?,27-/m0/s1. The second-order valence-corrected chi connectivity index (χ2v) is 9.96. The Hall–Kier alpha value is -3.59. The molecule has 1 saturated carbocycles. The number of cyclic esters (lactones) is 1. The molecular weight excluding hydrogens is 467 g/mol. The van der Waals surface area contributed by atoms with E-state index < -0.39 is 17.4 Å². The molecule has 1 fully saturated rings. The summed E-state index contributed by atoms with van der Waals surface area (Å²) in [6.07, 6.45) is 1.57. The van der Waals surface area contributed by atoms with Gasteiger partial charge in [-0.25, -0.2) is 9.18 Å². The molecule has 8 nitrogen and oxygen atoms in total. The zero-order chi connectivity index (χ0) is 24.9. The number of hydrogen-bond acceptors (Lipinski definition) is 7. The van der Waals surface area contributed by atoms with Crippen LogP contribution >= 0.6 is 0 Å². The average Bonchev–Trinajstić information content (AvgIpc) is 3.51. The Balaban J connectivity index is 1.51. The molecule has 2 N–H and O–H groups in total. The van der Waals surface area contributed by atoms with Crippen LogP contribution in [0.2, 0.25) is 0 Å². The molecule has 0 saturated heterocycles. The molecular formula is C27H25FN2O6. The van der Waals surface area contributed by atoms with Gasteiger partial charge in [0.15, 0.2) is 22.9 Å². The van der Waals surface area contributed by atoms with E-state index in [1.807, 2.05) is 0 Å². The van der Waals surface area contributed by atoms with Crippen molar-refractivity contribution in [3.8, 4) is 11.5 Å². The van der Waals surface area contributed by atoms with Gasteiger partial charge in [0.2, 0.25) is 0 Å². The molecule has 4 heterocycles. The van der Waals surface area contributed by atoms with Gasteiger partial charge in [0.25, 0.3) is 5.56 Å². The van der Waals surface area contributed by atoms with Crippen molar-refractivity contribution in [3.63, 3.8) is 0 Å². The number of pyridine rings is 1. The van der Waals surface area contributed by atoms with E-state index in [2.05, 4.69) is 5.32 Å². The molecule has 0 amide bonds. The molecule has 2 atom stereocenters. The molecule has 5 aliphatic rings. The largest absolute Gasteiger partial charge is 0.485 e. The van der Waals surface area contributed by atoms with E-state index in [4.69, 9.17) is 14.2 Å². The maximum absolute atomic E-state index is 14.9. The van der Waals surface area contributed by atoms with Crippen LogP contribution in [0, 0.1) is 11.7 Å². The first-order valence-electron chi connectivity index (χ1n) is 12.3. The second-order valence-electron chi connectivity index (χ2n) is 9.96. The van der Waals surface area contributed by atoms with E-state index in [0.29, 0.717) is 42.1 Å². The van der Waals surface area contributed by atoms with Crippen LogP contribution in [0.1, 0.15) is 47.7 Å². The lowest BCUT2D eigenvalue weighted by atomic mass is 9.85. The van der Waals surface area contributed by atoms with Crippen LogP contribution in [0.15, 0.2) is 28.1 Å². The molecule has 3 aliphatic heterocycles. The van der Waals surface area contributed by atoms with Crippen molar-refractivity contribution in [2.24, 2.45) is 5.92 Å². The third-order valence-electron chi connectivity index (χ3n) is 8.15. The molecule has 0 radical (unpaired) electrons. The quantitative estimate of drug-likeness (QED) is 0.621. The lowest BCUT2D eigenvalue weighted by Gasteiger charge is -2.31. The number of allylic oxidation sites excluding steroid dienone is 3. The lowest BCUT2D eigenvalue weighted by Crippen LogP contribution is -2.44. The summed E-state index contributed by atoms with van der Waals surface area (Å²) in [5.41, 5.74) is 4.63. The maximum atomic E-state index is 14.9. The summed E-state index contributed by atoms with van der Waals surface area (Å²) in [4.78, 5) is 26.2. The number of benzene rings is 1. The fraction of sp³-hybridized carbons (Fsp3) is 0.407. The summed E-state index contributed by atoms with van der Waals surface area (Å²) in [6.45, 7) is 2.43.